The smallest absolute Gasteiger partial charge is 0.412 e. The number of amides is 2. The Balaban J connectivity index is 2.06. The Hall–Kier alpha value is -1.56. The molecule has 0 spiro atoms. The molecule has 1 fully saturated rings. The van der Waals surface area contributed by atoms with E-state index in [1.807, 2.05) is 49.9 Å². The second kappa shape index (κ2) is 7.34. The molecule has 1 saturated heterocycles. The Morgan fingerprint density at radius 1 is 1.39 bits per heavy atom. The fourth-order valence-corrected chi connectivity index (χ4v) is 2.94. The lowest BCUT2D eigenvalue weighted by Gasteiger charge is -2.22. The van der Waals surface area contributed by atoms with Crippen molar-refractivity contribution in [2.45, 2.75) is 39.3 Å². The number of benzene rings is 1. The number of anilines is 1. The molecule has 1 aliphatic heterocycles. The number of alkyl halides is 1. The topological polar surface area (TPSA) is 58.6 Å². The van der Waals surface area contributed by atoms with Crippen LogP contribution in [0.5, 0.6) is 0 Å². The van der Waals surface area contributed by atoms with Crippen LogP contribution in [0.15, 0.2) is 24.3 Å². The lowest BCUT2D eigenvalue weighted by Crippen LogP contribution is -2.28. The van der Waals surface area contributed by atoms with Crippen LogP contribution >= 0.6 is 15.9 Å². The van der Waals surface area contributed by atoms with Crippen molar-refractivity contribution in [1.82, 2.24) is 4.90 Å². The van der Waals surface area contributed by atoms with Gasteiger partial charge in [0.1, 0.15) is 5.60 Å². The Morgan fingerprint density at radius 3 is 2.70 bits per heavy atom. The van der Waals surface area contributed by atoms with Crippen molar-refractivity contribution >= 4 is 33.6 Å². The van der Waals surface area contributed by atoms with Crippen LogP contribution in [0.3, 0.4) is 0 Å². The summed E-state index contributed by atoms with van der Waals surface area (Å²) >= 11 is 3.44. The SMILES string of the molecule is CC(C)(C)OC(=O)Nc1ccccc1CN1CC(CBr)CC1=O. The number of rotatable bonds is 4. The molecule has 0 radical (unpaired) electrons. The van der Waals surface area contributed by atoms with E-state index in [4.69, 9.17) is 4.74 Å². The van der Waals surface area contributed by atoms with Gasteiger partial charge in [-0.15, -0.1) is 0 Å². The van der Waals surface area contributed by atoms with Crippen molar-refractivity contribution in [2.24, 2.45) is 5.92 Å². The van der Waals surface area contributed by atoms with Crippen LogP contribution in [0.25, 0.3) is 0 Å². The van der Waals surface area contributed by atoms with Gasteiger partial charge in [-0.3, -0.25) is 10.1 Å². The van der Waals surface area contributed by atoms with E-state index in [1.165, 1.54) is 0 Å². The van der Waals surface area contributed by atoms with Gasteiger partial charge in [-0.05, 0) is 38.3 Å². The van der Waals surface area contributed by atoms with Crippen molar-refractivity contribution in [3.63, 3.8) is 0 Å². The van der Waals surface area contributed by atoms with Gasteiger partial charge in [0.25, 0.3) is 0 Å². The van der Waals surface area contributed by atoms with Gasteiger partial charge in [-0.25, -0.2) is 4.79 Å². The number of carbonyl (C=O) groups is 2. The van der Waals surface area contributed by atoms with Crippen LogP contribution in [0.2, 0.25) is 0 Å². The summed E-state index contributed by atoms with van der Waals surface area (Å²) in [6.07, 6.45) is 0.0865. The van der Waals surface area contributed by atoms with Gasteiger partial charge in [0.05, 0.1) is 0 Å². The molecule has 1 N–H and O–H groups in total. The van der Waals surface area contributed by atoms with E-state index >= 15 is 0 Å². The molecule has 23 heavy (non-hydrogen) atoms. The van der Waals surface area contributed by atoms with Crippen LogP contribution < -0.4 is 5.32 Å². The van der Waals surface area contributed by atoms with Gasteiger partial charge >= 0.3 is 6.09 Å². The molecule has 1 aliphatic rings. The maximum atomic E-state index is 12.1. The van der Waals surface area contributed by atoms with E-state index in [2.05, 4.69) is 21.2 Å². The standard InChI is InChI=1S/C17H23BrN2O3/c1-17(2,3)23-16(22)19-14-7-5-4-6-13(14)11-20-10-12(9-18)8-15(20)21/h4-7,12H,8-11H2,1-3H3,(H,19,22). The summed E-state index contributed by atoms with van der Waals surface area (Å²) in [7, 11) is 0. The van der Waals surface area contributed by atoms with Crippen molar-refractivity contribution in [2.75, 3.05) is 17.2 Å². The van der Waals surface area contributed by atoms with Crippen molar-refractivity contribution in [1.29, 1.82) is 0 Å². The number of carbonyl (C=O) groups excluding carboxylic acids is 2. The highest BCUT2D eigenvalue weighted by Crippen LogP contribution is 2.25. The van der Waals surface area contributed by atoms with Gasteiger partial charge in [0.2, 0.25) is 5.91 Å². The first kappa shape index (κ1) is 17.8. The Bertz CT molecular complexity index is 583. The van der Waals surface area contributed by atoms with E-state index in [9.17, 15) is 9.59 Å². The summed E-state index contributed by atoms with van der Waals surface area (Å²) < 4.78 is 5.29. The van der Waals surface area contributed by atoms with Gasteiger partial charge < -0.3 is 9.64 Å². The lowest BCUT2D eigenvalue weighted by molar-refractivity contribution is -0.128. The second-order valence-corrected chi connectivity index (χ2v) is 7.43. The monoisotopic (exact) mass is 382 g/mol. The quantitative estimate of drug-likeness (QED) is 0.806. The van der Waals surface area contributed by atoms with Gasteiger partial charge in [-0.2, -0.15) is 0 Å². The van der Waals surface area contributed by atoms with Gasteiger partial charge in [-0.1, -0.05) is 34.1 Å². The Kier molecular flexibility index (Phi) is 5.68. The van der Waals surface area contributed by atoms with Crippen LogP contribution in [0.4, 0.5) is 10.5 Å². The summed E-state index contributed by atoms with van der Waals surface area (Å²) in [5, 5.41) is 3.60. The van der Waals surface area contributed by atoms with E-state index < -0.39 is 11.7 Å². The molecule has 1 unspecified atom stereocenters. The van der Waals surface area contributed by atoms with Crippen LogP contribution in [-0.2, 0) is 16.1 Å². The number of nitrogens with one attached hydrogen (secondary N) is 1. The normalized spacial score (nSPS) is 18.2. The van der Waals surface area contributed by atoms with Crippen molar-refractivity contribution in [3.05, 3.63) is 29.8 Å². The highest BCUT2D eigenvalue weighted by molar-refractivity contribution is 9.09. The van der Waals surface area contributed by atoms with E-state index in [0.717, 1.165) is 17.4 Å². The highest BCUT2D eigenvalue weighted by atomic mass is 79.9. The van der Waals surface area contributed by atoms with E-state index in [-0.39, 0.29) is 5.91 Å². The number of nitrogens with zero attached hydrogens (tertiary/aromatic N) is 1. The largest absolute Gasteiger partial charge is 0.444 e. The maximum absolute atomic E-state index is 12.1. The third kappa shape index (κ3) is 5.23. The van der Waals surface area contributed by atoms with E-state index in [0.29, 0.717) is 24.6 Å². The summed E-state index contributed by atoms with van der Waals surface area (Å²) in [6, 6.07) is 7.49. The Labute approximate surface area is 145 Å². The minimum Gasteiger partial charge on any atom is -0.444 e. The predicted octanol–water partition coefficient (Wildman–Crippen LogP) is 3.78. The average Bonchev–Trinajstić information content (AvgIpc) is 2.79. The van der Waals surface area contributed by atoms with E-state index in [1.54, 1.807) is 0 Å². The maximum Gasteiger partial charge on any atom is 0.412 e. The van der Waals surface area contributed by atoms with Crippen LogP contribution in [0.1, 0.15) is 32.8 Å². The first-order valence-electron chi connectivity index (χ1n) is 7.70. The molecule has 5 nitrogen and oxygen atoms in total. The average molecular weight is 383 g/mol. The number of hydrogen-bond acceptors (Lipinski definition) is 3. The molecule has 0 bridgehead atoms. The second-order valence-electron chi connectivity index (χ2n) is 6.78. The molecule has 126 valence electrons. The van der Waals surface area contributed by atoms with Gasteiger partial charge in [0, 0.05) is 30.5 Å². The third-order valence-corrected chi connectivity index (χ3v) is 4.44. The minimum atomic E-state index is -0.549. The predicted molar refractivity (Wildman–Crippen MR) is 93.6 cm³/mol. The van der Waals surface area contributed by atoms with Crippen LogP contribution in [0, 0.1) is 5.92 Å². The molecule has 6 heteroatoms. The molecule has 2 rings (SSSR count). The number of hydrogen-bond donors (Lipinski definition) is 1. The first-order chi connectivity index (χ1) is 10.8. The molecular weight excluding hydrogens is 360 g/mol. The molecule has 1 atom stereocenters. The summed E-state index contributed by atoms with van der Waals surface area (Å²) in [6.45, 7) is 6.70. The third-order valence-electron chi connectivity index (χ3n) is 3.53. The van der Waals surface area contributed by atoms with Gasteiger partial charge in [0.15, 0.2) is 0 Å². The lowest BCUT2D eigenvalue weighted by atomic mass is 10.1. The zero-order chi connectivity index (χ0) is 17.0. The molecule has 0 aliphatic carbocycles. The minimum absolute atomic E-state index is 0.154. The zero-order valence-corrected chi connectivity index (χ0v) is 15.4. The van der Waals surface area contributed by atoms with Crippen molar-refractivity contribution < 1.29 is 14.3 Å². The molecule has 0 aromatic heterocycles. The molecule has 2 amide bonds. The van der Waals surface area contributed by atoms with Crippen molar-refractivity contribution in [3.8, 4) is 0 Å². The molecule has 1 aromatic carbocycles. The molecular formula is C17H23BrN2O3. The summed E-state index contributed by atoms with van der Waals surface area (Å²) in [5.74, 6) is 0.509. The number of likely N-dealkylation sites (tertiary alicyclic amines) is 1. The number of ether oxygens (including phenoxy) is 1. The molecule has 1 heterocycles. The number of halogens is 1. The fourth-order valence-electron chi connectivity index (χ4n) is 2.51. The number of para-hydroxylation sites is 1. The highest BCUT2D eigenvalue weighted by Gasteiger charge is 2.29. The summed E-state index contributed by atoms with van der Waals surface area (Å²) in [4.78, 5) is 25.9. The first-order valence-corrected chi connectivity index (χ1v) is 8.82. The zero-order valence-electron chi connectivity index (χ0n) is 13.8. The fraction of sp³-hybridized carbons (Fsp3) is 0.529. The Morgan fingerprint density at radius 2 is 2.09 bits per heavy atom. The molecule has 1 aromatic rings. The molecule has 0 saturated carbocycles. The summed E-state index contributed by atoms with van der Waals surface area (Å²) in [5.41, 5.74) is 1.03. The van der Waals surface area contributed by atoms with Crippen LogP contribution in [-0.4, -0.2) is 34.4 Å².